The molecule has 24 heavy (non-hydrogen) atoms. The van der Waals surface area contributed by atoms with E-state index in [1.165, 1.54) is 0 Å². The summed E-state index contributed by atoms with van der Waals surface area (Å²) < 4.78 is 76.7. The lowest BCUT2D eigenvalue weighted by Crippen LogP contribution is -2.16. The topological polar surface area (TPSA) is 53.4 Å². The maximum Gasteiger partial charge on any atom is 0.433 e. The lowest BCUT2D eigenvalue weighted by atomic mass is 10.0. The predicted octanol–water partition coefficient (Wildman–Crippen LogP) is 3.81. The van der Waals surface area contributed by atoms with Gasteiger partial charge >= 0.3 is 12.4 Å². The lowest BCUT2D eigenvalue weighted by molar-refractivity contribution is -0.143. The highest BCUT2D eigenvalue weighted by atomic mass is 19.4. The summed E-state index contributed by atoms with van der Waals surface area (Å²) >= 11 is 0. The molecule has 2 N–H and O–H groups in total. The van der Waals surface area contributed by atoms with Gasteiger partial charge in [-0.3, -0.25) is 0 Å². The van der Waals surface area contributed by atoms with Crippen LogP contribution >= 0.6 is 0 Å². The molecule has 130 valence electrons. The molecule has 2 aromatic rings. The van der Waals surface area contributed by atoms with Crippen molar-refractivity contribution in [1.29, 1.82) is 0 Å². The molecule has 0 radical (unpaired) electrons. The standard InChI is InChI=1S/C15H11F6NO2/c16-14(17,18)9-3-1-8(2-4-9)11-6-5-10(12(24)7-23)13(22-11)15(19,20)21/h1-6,12,23-24H,7H2/t12-/m0/s1. The van der Waals surface area contributed by atoms with E-state index in [2.05, 4.69) is 4.98 Å². The Hall–Kier alpha value is -2.13. The van der Waals surface area contributed by atoms with Crippen LogP contribution < -0.4 is 0 Å². The molecule has 1 heterocycles. The molecule has 1 aromatic carbocycles. The lowest BCUT2D eigenvalue weighted by Gasteiger charge is -2.16. The minimum Gasteiger partial charge on any atom is -0.393 e. The zero-order valence-corrected chi connectivity index (χ0v) is 11.9. The van der Waals surface area contributed by atoms with E-state index in [9.17, 15) is 31.4 Å². The molecule has 1 aromatic heterocycles. The second kappa shape index (κ2) is 6.40. The number of alkyl halides is 6. The second-order valence-electron chi connectivity index (χ2n) is 4.91. The van der Waals surface area contributed by atoms with Gasteiger partial charge in [0.25, 0.3) is 0 Å². The van der Waals surface area contributed by atoms with E-state index in [-0.39, 0.29) is 11.3 Å². The number of rotatable bonds is 3. The Kier molecular flexibility index (Phi) is 4.86. The van der Waals surface area contributed by atoms with Crippen LogP contribution in [0.15, 0.2) is 36.4 Å². The molecule has 0 aliphatic carbocycles. The van der Waals surface area contributed by atoms with E-state index in [1.807, 2.05) is 0 Å². The van der Waals surface area contributed by atoms with Crippen molar-refractivity contribution in [1.82, 2.24) is 4.98 Å². The van der Waals surface area contributed by atoms with Gasteiger partial charge in [-0.05, 0) is 18.2 Å². The van der Waals surface area contributed by atoms with Crippen LogP contribution in [0, 0.1) is 0 Å². The maximum absolute atomic E-state index is 13.1. The normalized spacial score (nSPS) is 13.8. The summed E-state index contributed by atoms with van der Waals surface area (Å²) in [6, 6.07) is 5.55. The van der Waals surface area contributed by atoms with Crippen LogP contribution in [0.2, 0.25) is 0 Å². The SMILES string of the molecule is OC[C@H](O)c1ccc(-c2ccc(C(F)(F)F)cc2)nc1C(F)(F)F. The van der Waals surface area contributed by atoms with Crippen LogP contribution in [0.1, 0.15) is 22.9 Å². The first-order chi connectivity index (χ1) is 11.0. The van der Waals surface area contributed by atoms with Gasteiger partial charge in [-0.25, -0.2) is 4.98 Å². The fourth-order valence-corrected chi connectivity index (χ4v) is 2.05. The van der Waals surface area contributed by atoms with Crippen LogP contribution in [0.25, 0.3) is 11.3 Å². The molecule has 0 unspecified atom stereocenters. The van der Waals surface area contributed by atoms with Gasteiger partial charge in [0.1, 0.15) is 6.10 Å². The smallest absolute Gasteiger partial charge is 0.393 e. The molecular weight excluding hydrogens is 340 g/mol. The highest BCUT2D eigenvalue weighted by Crippen LogP contribution is 2.35. The van der Waals surface area contributed by atoms with Crippen LogP contribution in [0.5, 0.6) is 0 Å². The zero-order valence-electron chi connectivity index (χ0n) is 11.9. The molecule has 3 nitrogen and oxygen atoms in total. The summed E-state index contributed by atoms with van der Waals surface area (Å²) in [4.78, 5) is 3.40. The molecule has 0 amide bonds. The van der Waals surface area contributed by atoms with E-state index >= 15 is 0 Å². The van der Waals surface area contributed by atoms with Gasteiger partial charge in [0, 0.05) is 11.1 Å². The second-order valence-corrected chi connectivity index (χ2v) is 4.91. The molecule has 0 aliphatic rings. The highest BCUT2D eigenvalue weighted by molar-refractivity contribution is 5.60. The van der Waals surface area contributed by atoms with Crippen molar-refractivity contribution in [2.75, 3.05) is 6.61 Å². The predicted molar refractivity (Wildman–Crippen MR) is 71.7 cm³/mol. The molecule has 9 heteroatoms. The number of nitrogens with zero attached hydrogens (tertiary/aromatic N) is 1. The van der Waals surface area contributed by atoms with Gasteiger partial charge in [0.2, 0.25) is 0 Å². The van der Waals surface area contributed by atoms with Gasteiger partial charge in [0.15, 0.2) is 5.69 Å². The Labute approximate surface area is 132 Å². The summed E-state index contributed by atoms with van der Waals surface area (Å²) in [5.41, 5.74) is -3.10. The summed E-state index contributed by atoms with van der Waals surface area (Å²) in [7, 11) is 0. The molecule has 0 fully saturated rings. The fourth-order valence-electron chi connectivity index (χ4n) is 2.05. The average Bonchev–Trinajstić information content (AvgIpc) is 2.52. The van der Waals surface area contributed by atoms with Crippen molar-refractivity contribution in [2.24, 2.45) is 0 Å². The number of aliphatic hydroxyl groups is 2. The monoisotopic (exact) mass is 351 g/mol. The van der Waals surface area contributed by atoms with Crippen molar-refractivity contribution < 1.29 is 36.6 Å². The van der Waals surface area contributed by atoms with Crippen LogP contribution in [0.4, 0.5) is 26.3 Å². The number of aromatic nitrogens is 1. The Morgan fingerprint density at radius 1 is 0.875 bits per heavy atom. The number of halogens is 6. The number of pyridine rings is 1. The van der Waals surface area contributed by atoms with Crippen molar-refractivity contribution in [3.63, 3.8) is 0 Å². The maximum atomic E-state index is 13.1. The summed E-state index contributed by atoms with van der Waals surface area (Å²) in [5, 5.41) is 18.3. The van der Waals surface area contributed by atoms with E-state index in [4.69, 9.17) is 5.11 Å². The highest BCUT2D eigenvalue weighted by Gasteiger charge is 2.37. The molecule has 0 saturated carbocycles. The van der Waals surface area contributed by atoms with Gasteiger partial charge in [-0.15, -0.1) is 0 Å². The number of benzene rings is 1. The Morgan fingerprint density at radius 3 is 1.92 bits per heavy atom. The van der Waals surface area contributed by atoms with E-state index in [0.717, 1.165) is 36.4 Å². The zero-order chi connectivity index (χ0) is 18.1. The Bertz CT molecular complexity index is 709. The van der Waals surface area contributed by atoms with Crippen molar-refractivity contribution >= 4 is 0 Å². The first kappa shape index (κ1) is 18.2. The molecule has 0 bridgehead atoms. The molecule has 2 rings (SSSR count). The largest absolute Gasteiger partial charge is 0.433 e. The van der Waals surface area contributed by atoms with Crippen molar-refractivity contribution in [3.05, 3.63) is 53.2 Å². The molecular formula is C15H11F6NO2. The van der Waals surface area contributed by atoms with Gasteiger partial charge < -0.3 is 10.2 Å². The number of hydrogen-bond donors (Lipinski definition) is 2. The summed E-state index contributed by atoms with van der Waals surface area (Å²) in [5.74, 6) is 0. The van der Waals surface area contributed by atoms with E-state index < -0.39 is 41.9 Å². The van der Waals surface area contributed by atoms with Gasteiger partial charge in [0.05, 0.1) is 17.9 Å². The molecule has 0 saturated heterocycles. The third kappa shape index (κ3) is 3.85. The minimum atomic E-state index is -4.90. The van der Waals surface area contributed by atoms with Crippen molar-refractivity contribution in [3.8, 4) is 11.3 Å². The number of aliphatic hydroxyl groups excluding tert-OH is 2. The van der Waals surface area contributed by atoms with E-state index in [0.29, 0.717) is 0 Å². The average molecular weight is 351 g/mol. The van der Waals surface area contributed by atoms with Crippen LogP contribution in [0.3, 0.4) is 0 Å². The third-order valence-corrected chi connectivity index (χ3v) is 3.23. The molecule has 0 aliphatic heterocycles. The summed E-state index contributed by atoms with van der Waals surface area (Å²) in [6.45, 7) is -0.926. The van der Waals surface area contributed by atoms with Gasteiger partial charge in [-0.2, -0.15) is 26.3 Å². The summed E-state index contributed by atoms with van der Waals surface area (Å²) in [6.07, 6.45) is -11.2. The minimum absolute atomic E-state index is 0.0542. The number of hydrogen-bond acceptors (Lipinski definition) is 3. The quantitative estimate of drug-likeness (QED) is 0.827. The first-order valence-corrected chi connectivity index (χ1v) is 6.58. The van der Waals surface area contributed by atoms with Crippen LogP contribution in [-0.4, -0.2) is 21.8 Å². The molecule has 1 atom stereocenters. The van der Waals surface area contributed by atoms with Gasteiger partial charge in [-0.1, -0.05) is 18.2 Å². The van der Waals surface area contributed by atoms with E-state index in [1.54, 1.807) is 0 Å². The Morgan fingerprint density at radius 2 is 1.46 bits per heavy atom. The first-order valence-electron chi connectivity index (χ1n) is 6.58. The van der Waals surface area contributed by atoms with Crippen molar-refractivity contribution in [2.45, 2.75) is 18.5 Å². The Balaban J connectivity index is 2.49. The third-order valence-electron chi connectivity index (χ3n) is 3.23. The fraction of sp³-hybridized carbons (Fsp3) is 0.267. The molecule has 0 spiro atoms. The van der Waals surface area contributed by atoms with Crippen LogP contribution in [-0.2, 0) is 12.4 Å².